The molecule has 0 bridgehead atoms. The minimum atomic E-state index is -4.44. The van der Waals surface area contributed by atoms with E-state index in [-0.39, 0.29) is 43.6 Å². The van der Waals surface area contributed by atoms with E-state index in [1.165, 1.54) is 22.8 Å². The molecule has 2 aromatic heterocycles. The van der Waals surface area contributed by atoms with Gasteiger partial charge in [0.25, 0.3) is 15.9 Å². The third-order valence-electron chi connectivity index (χ3n) is 12.4. The summed E-state index contributed by atoms with van der Waals surface area (Å²) < 4.78 is 41.8. The van der Waals surface area contributed by atoms with Crippen molar-refractivity contribution in [1.82, 2.24) is 24.8 Å². The molecule has 328 valence electrons. The first-order valence-corrected chi connectivity index (χ1v) is 23.6. The summed E-state index contributed by atoms with van der Waals surface area (Å²) >= 11 is 19.2. The van der Waals surface area contributed by atoms with E-state index >= 15 is 0 Å². The Morgan fingerprint density at radius 3 is 2.42 bits per heavy atom. The summed E-state index contributed by atoms with van der Waals surface area (Å²) in [5, 5.41) is 18.7. The molecule has 3 aromatic carbocycles. The summed E-state index contributed by atoms with van der Waals surface area (Å²) in [5.41, 5.74) is 5.11. The third kappa shape index (κ3) is 10.2. The number of allylic oxidation sites excluding steroid dienone is 1. The predicted octanol–water partition coefficient (Wildman–Crippen LogP) is 9.93. The fourth-order valence-corrected chi connectivity index (χ4v) is 10.2. The SMILES string of the molecule is CC1(C)CCC(CN2CCN(c3ccc(C(=O)NS(=O)(=O)c4cnc(OC[C@H]5CC[C@](C)(O)CC5)c(Cl)c4)c(Oc4cccc5[nH]nc(Cl)c45)c3)CC2)=C(c2ccc(Cl)cc2)C1. The normalized spacial score (nSPS) is 21.0. The van der Waals surface area contributed by atoms with Gasteiger partial charge in [-0.3, -0.25) is 14.8 Å². The average molecular weight is 922 g/mol. The number of aromatic amines is 1. The first kappa shape index (κ1) is 44.2. The van der Waals surface area contributed by atoms with Crippen LogP contribution in [0, 0.1) is 11.3 Å². The number of pyridine rings is 1. The number of ether oxygens (including phenoxy) is 2. The lowest BCUT2D eigenvalue weighted by molar-refractivity contribution is 0.00127. The van der Waals surface area contributed by atoms with E-state index in [1.807, 2.05) is 19.1 Å². The number of piperazine rings is 1. The van der Waals surface area contributed by atoms with Gasteiger partial charge in [-0.05, 0) is 117 Å². The second-order valence-electron chi connectivity index (χ2n) is 17.8. The highest BCUT2D eigenvalue weighted by Crippen LogP contribution is 2.44. The minimum absolute atomic E-state index is 0.0110. The summed E-state index contributed by atoms with van der Waals surface area (Å²) in [6.07, 6.45) is 7.24. The number of aliphatic hydroxyl groups is 1. The third-order valence-corrected chi connectivity index (χ3v) is 14.5. The molecule has 1 amide bonds. The molecule has 5 aromatic rings. The van der Waals surface area contributed by atoms with Crippen molar-refractivity contribution in [3.63, 3.8) is 0 Å². The number of carbonyl (C=O) groups is 1. The van der Waals surface area contributed by atoms with Crippen molar-refractivity contribution in [2.45, 2.75) is 76.2 Å². The summed E-state index contributed by atoms with van der Waals surface area (Å²) in [4.78, 5) is 22.6. The van der Waals surface area contributed by atoms with Gasteiger partial charge in [-0.25, -0.2) is 18.1 Å². The van der Waals surface area contributed by atoms with E-state index in [9.17, 15) is 18.3 Å². The fourth-order valence-electron chi connectivity index (χ4n) is 8.64. The zero-order chi connectivity index (χ0) is 43.8. The number of H-pyrrole nitrogens is 1. The number of halogens is 3. The number of sulfonamides is 1. The van der Waals surface area contributed by atoms with Crippen LogP contribution in [0.1, 0.15) is 81.6 Å². The number of fused-ring (bicyclic) bond motifs is 1. The van der Waals surface area contributed by atoms with Crippen molar-refractivity contribution >= 4 is 72.9 Å². The van der Waals surface area contributed by atoms with Gasteiger partial charge in [-0.1, -0.05) is 72.4 Å². The van der Waals surface area contributed by atoms with Crippen molar-refractivity contribution in [3.8, 4) is 17.4 Å². The van der Waals surface area contributed by atoms with Crippen LogP contribution in [0.4, 0.5) is 5.69 Å². The van der Waals surface area contributed by atoms with E-state index in [0.29, 0.717) is 36.1 Å². The van der Waals surface area contributed by atoms with Crippen LogP contribution < -0.4 is 19.1 Å². The predicted molar refractivity (Wildman–Crippen MR) is 244 cm³/mol. The first-order valence-electron chi connectivity index (χ1n) is 21.0. The smallest absolute Gasteiger partial charge is 0.268 e. The number of amides is 1. The molecule has 0 spiro atoms. The summed E-state index contributed by atoms with van der Waals surface area (Å²) in [6, 6.07) is 19.8. The molecular formula is C46H51Cl3N6O6S. The van der Waals surface area contributed by atoms with Crippen LogP contribution in [-0.4, -0.2) is 84.4 Å². The van der Waals surface area contributed by atoms with Crippen LogP contribution in [0.15, 0.2) is 83.4 Å². The van der Waals surface area contributed by atoms with Gasteiger partial charge >= 0.3 is 0 Å². The van der Waals surface area contributed by atoms with E-state index in [2.05, 4.69) is 55.7 Å². The molecule has 62 heavy (non-hydrogen) atoms. The lowest BCUT2D eigenvalue weighted by Gasteiger charge is -2.39. The second kappa shape index (κ2) is 18.0. The molecular weight excluding hydrogens is 871 g/mol. The number of carbonyl (C=O) groups excluding carboxylic acids is 1. The van der Waals surface area contributed by atoms with Crippen molar-refractivity contribution in [2.75, 3.05) is 44.2 Å². The van der Waals surface area contributed by atoms with E-state index in [0.717, 1.165) is 81.7 Å². The van der Waals surface area contributed by atoms with Gasteiger partial charge in [-0.15, -0.1) is 0 Å². The highest BCUT2D eigenvalue weighted by Gasteiger charge is 2.32. The highest BCUT2D eigenvalue weighted by atomic mass is 35.5. The van der Waals surface area contributed by atoms with Gasteiger partial charge in [0.2, 0.25) is 5.88 Å². The second-order valence-corrected chi connectivity index (χ2v) is 20.7. The van der Waals surface area contributed by atoms with Gasteiger partial charge in [0.1, 0.15) is 21.4 Å². The van der Waals surface area contributed by atoms with Gasteiger partial charge < -0.3 is 19.5 Å². The van der Waals surface area contributed by atoms with Crippen molar-refractivity contribution in [3.05, 3.63) is 105 Å². The molecule has 3 aliphatic rings. The Balaban J connectivity index is 0.993. The molecule has 8 rings (SSSR count). The zero-order valence-corrected chi connectivity index (χ0v) is 38.1. The lowest BCUT2D eigenvalue weighted by Crippen LogP contribution is -2.47. The summed E-state index contributed by atoms with van der Waals surface area (Å²) in [7, 11) is -4.44. The number of hydrogen-bond acceptors (Lipinski definition) is 10. The molecule has 1 saturated heterocycles. The van der Waals surface area contributed by atoms with E-state index in [1.54, 1.807) is 36.4 Å². The molecule has 3 heterocycles. The van der Waals surface area contributed by atoms with Crippen molar-refractivity contribution in [2.24, 2.45) is 11.3 Å². The molecule has 1 saturated carbocycles. The van der Waals surface area contributed by atoms with Crippen LogP contribution in [0.2, 0.25) is 15.2 Å². The highest BCUT2D eigenvalue weighted by molar-refractivity contribution is 7.90. The summed E-state index contributed by atoms with van der Waals surface area (Å²) in [6.45, 7) is 10.8. The number of hydrogen-bond donors (Lipinski definition) is 3. The fraction of sp³-hybridized carbons (Fsp3) is 0.413. The van der Waals surface area contributed by atoms with Gasteiger partial charge in [-0.2, -0.15) is 5.10 Å². The maximum atomic E-state index is 14.0. The number of nitrogens with one attached hydrogen (secondary N) is 2. The monoisotopic (exact) mass is 920 g/mol. The van der Waals surface area contributed by atoms with Gasteiger partial charge in [0.05, 0.1) is 34.9 Å². The Kier molecular flexibility index (Phi) is 12.9. The number of nitrogens with zero attached hydrogens (tertiary/aromatic N) is 4. The lowest BCUT2D eigenvalue weighted by atomic mass is 9.72. The molecule has 1 aliphatic heterocycles. The van der Waals surface area contributed by atoms with Gasteiger partial charge in [0.15, 0.2) is 5.15 Å². The van der Waals surface area contributed by atoms with Gasteiger partial charge in [0, 0.05) is 49.5 Å². The largest absolute Gasteiger partial charge is 0.476 e. The Labute approximate surface area is 377 Å². The number of benzene rings is 3. The average Bonchev–Trinajstić information content (AvgIpc) is 3.62. The van der Waals surface area contributed by atoms with Crippen LogP contribution in [-0.2, 0) is 10.0 Å². The Hall–Kier alpha value is -4.37. The molecule has 0 atom stereocenters. The molecule has 12 nitrogen and oxygen atoms in total. The van der Waals surface area contributed by atoms with Crippen LogP contribution in [0.3, 0.4) is 0 Å². The Bertz CT molecular complexity index is 2600. The molecule has 2 fully saturated rings. The maximum Gasteiger partial charge on any atom is 0.268 e. The standard InChI is InChI=1S/C46H51Cl3N6O6S/c1-45(2)16-15-31(36(25-45)30-7-9-32(47)10-8-30)27-54-19-21-55(22-20-54)33-11-12-35(40(23-33)61-39-6-4-5-38-41(39)42(49)52-51-38)43(56)53-62(58,59)34-24-37(48)44(50-26-34)60-28-29-13-17-46(3,57)18-14-29/h4-12,23-24,26,29,57H,13-22,25,27-28H2,1-3H3,(H,51,52)(H,53,56)/t29-,46-. The van der Waals surface area contributed by atoms with Crippen LogP contribution in [0.25, 0.3) is 16.5 Å². The Morgan fingerprint density at radius 1 is 0.952 bits per heavy atom. The number of aromatic nitrogens is 3. The Morgan fingerprint density at radius 2 is 1.69 bits per heavy atom. The van der Waals surface area contributed by atoms with Crippen molar-refractivity contribution in [1.29, 1.82) is 0 Å². The topological polar surface area (TPSA) is 150 Å². The van der Waals surface area contributed by atoms with Crippen LogP contribution >= 0.6 is 34.8 Å². The molecule has 3 N–H and O–H groups in total. The maximum absolute atomic E-state index is 14.0. The number of anilines is 1. The molecule has 0 unspecified atom stereocenters. The minimum Gasteiger partial charge on any atom is -0.476 e. The summed E-state index contributed by atoms with van der Waals surface area (Å²) in [5.74, 6) is -0.135. The molecule has 2 aliphatic carbocycles. The molecule has 16 heteroatoms. The van der Waals surface area contributed by atoms with E-state index in [4.69, 9.17) is 44.3 Å². The van der Waals surface area contributed by atoms with Crippen molar-refractivity contribution < 1.29 is 27.8 Å². The zero-order valence-electron chi connectivity index (χ0n) is 35.0. The van der Waals surface area contributed by atoms with Crippen LogP contribution in [0.5, 0.6) is 17.4 Å². The number of rotatable bonds is 12. The first-order chi connectivity index (χ1) is 29.5. The molecule has 0 radical (unpaired) electrons. The quantitative estimate of drug-likeness (QED) is 0.110. The van der Waals surface area contributed by atoms with E-state index < -0.39 is 21.5 Å².